The largest absolute Gasteiger partial charge is 0.389 e. The van der Waals surface area contributed by atoms with Crippen molar-refractivity contribution in [3.05, 3.63) is 0 Å². The Morgan fingerprint density at radius 2 is 2.33 bits per heavy atom. The Labute approximate surface area is 90.6 Å². The Hall–Kier alpha value is -0.610. The number of carbonyl (C=O) groups excluding carboxylic acids is 1. The summed E-state index contributed by atoms with van der Waals surface area (Å²) in [5.41, 5.74) is -0.172. The molecule has 0 aromatic rings. The fourth-order valence-electron chi connectivity index (χ4n) is 2.68. The van der Waals surface area contributed by atoms with Gasteiger partial charge in [-0.3, -0.25) is 4.79 Å². The number of nitrogens with zero attached hydrogens (tertiary/aromatic N) is 1. The summed E-state index contributed by atoms with van der Waals surface area (Å²) < 4.78 is 0. The van der Waals surface area contributed by atoms with E-state index >= 15 is 0 Å². The van der Waals surface area contributed by atoms with Gasteiger partial charge in [0.15, 0.2) is 0 Å². The first-order valence-corrected chi connectivity index (χ1v) is 5.86. The minimum Gasteiger partial charge on any atom is -0.389 e. The van der Waals surface area contributed by atoms with Gasteiger partial charge in [-0.1, -0.05) is 13.3 Å². The maximum absolute atomic E-state index is 12.3. The number of likely N-dealkylation sites (tertiary alicyclic amines) is 1. The van der Waals surface area contributed by atoms with Gasteiger partial charge in [-0.2, -0.15) is 0 Å². The van der Waals surface area contributed by atoms with Crippen LogP contribution >= 0.6 is 0 Å². The van der Waals surface area contributed by atoms with E-state index in [1.807, 2.05) is 0 Å². The van der Waals surface area contributed by atoms with Crippen LogP contribution in [-0.4, -0.2) is 48.2 Å². The third-order valence-corrected chi connectivity index (χ3v) is 3.58. The van der Waals surface area contributed by atoms with Crippen molar-refractivity contribution in [3.63, 3.8) is 0 Å². The van der Waals surface area contributed by atoms with E-state index in [4.69, 9.17) is 0 Å². The van der Waals surface area contributed by atoms with E-state index in [-0.39, 0.29) is 17.4 Å². The fraction of sp³-hybridized carbons (Fsp3) is 0.909. The van der Waals surface area contributed by atoms with E-state index in [0.717, 1.165) is 32.4 Å². The second-order valence-corrected chi connectivity index (χ2v) is 4.82. The molecule has 2 rings (SSSR count). The molecule has 0 aromatic heterocycles. The van der Waals surface area contributed by atoms with E-state index in [0.29, 0.717) is 13.1 Å². The SMILES string of the molecule is CCCC1(C(=O)N2CC(O)C2)CCNC1. The van der Waals surface area contributed by atoms with Crippen molar-refractivity contribution in [3.8, 4) is 0 Å². The van der Waals surface area contributed by atoms with Crippen molar-refractivity contribution >= 4 is 5.91 Å². The molecule has 4 nitrogen and oxygen atoms in total. The average molecular weight is 212 g/mol. The van der Waals surface area contributed by atoms with Crippen LogP contribution in [-0.2, 0) is 4.79 Å². The van der Waals surface area contributed by atoms with Gasteiger partial charge in [0.25, 0.3) is 0 Å². The normalized spacial score (nSPS) is 31.7. The maximum atomic E-state index is 12.3. The molecular formula is C11H20N2O2. The van der Waals surface area contributed by atoms with Crippen molar-refractivity contribution in [1.82, 2.24) is 10.2 Å². The number of hydrogen-bond donors (Lipinski definition) is 2. The summed E-state index contributed by atoms with van der Waals surface area (Å²) in [7, 11) is 0. The van der Waals surface area contributed by atoms with Gasteiger partial charge in [-0.25, -0.2) is 0 Å². The monoisotopic (exact) mass is 212 g/mol. The van der Waals surface area contributed by atoms with Gasteiger partial charge in [0, 0.05) is 19.6 Å². The van der Waals surface area contributed by atoms with Crippen LogP contribution < -0.4 is 5.32 Å². The molecule has 2 N–H and O–H groups in total. The molecule has 1 amide bonds. The van der Waals surface area contributed by atoms with Crippen molar-refractivity contribution in [2.24, 2.45) is 5.41 Å². The quantitative estimate of drug-likeness (QED) is 0.690. The first-order chi connectivity index (χ1) is 7.18. The van der Waals surface area contributed by atoms with Crippen LogP contribution in [0.15, 0.2) is 0 Å². The molecular weight excluding hydrogens is 192 g/mol. The van der Waals surface area contributed by atoms with Crippen molar-refractivity contribution in [2.75, 3.05) is 26.2 Å². The zero-order valence-electron chi connectivity index (χ0n) is 9.33. The lowest BCUT2D eigenvalue weighted by molar-refractivity contribution is -0.152. The summed E-state index contributed by atoms with van der Waals surface area (Å²) in [4.78, 5) is 14.1. The second kappa shape index (κ2) is 4.10. The number of carbonyl (C=O) groups is 1. The highest BCUT2D eigenvalue weighted by molar-refractivity contribution is 5.84. The molecule has 1 unspecified atom stereocenters. The summed E-state index contributed by atoms with van der Waals surface area (Å²) in [6.45, 7) is 4.95. The molecule has 2 heterocycles. The minimum absolute atomic E-state index is 0.172. The number of hydrogen-bond acceptors (Lipinski definition) is 3. The van der Waals surface area contributed by atoms with Crippen LogP contribution in [0.4, 0.5) is 0 Å². The molecule has 2 aliphatic heterocycles. The Morgan fingerprint density at radius 3 is 2.80 bits per heavy atom. The first-order valence-electron chi connectivity index (χ1n) is 5.86. The second-order valence-electron chi connectivity index (χ2n) is 4.82. The topological polar surface area (TPSA) is 52.6 Å². The molecule has 2 aliphatic rings. The fourth-order valence-corrected chi connectivity index (χ4v) is 2.68. The maximum Gasteiger partial charge on any atom is 0.230 e. The molecule has 0 aromatic carbocycles. The number of nitrogens with one attached hydrogen (secondary N) is 1. The van der Waals surface area contributed by atoms with Crippen LogP contribution in [0.1, 0.15) is 26.2 Å². The van der Waals surface area contributed by atoms with Crippen molar-refractivity contribution in [1.29, 1.82) is 0 Å². The lowest BCUT2D eigenvalue weighted by atomic mass is 9.80. The zero-order valence-corrected chi connectivity index (χ0v) is 9.33. The number of aliphatic hydroxyl groups is 1. The van der Waals surface area contributed by atoms with Crippen LogP contribution in [0.25, 0.3) is 0 Å². The molecule has 15 heavy (non-hydrogen) atoms. The zero-order chi connectivity index (χ0) is 10.9. The Balaban J connectivity index is 2.01. The third kappa shape index (κ3) is 1.88. The molecule has 0 radical (unpaired) electrons. The van der Waals surface area contributed by atoms with Crippen LogP contribution in [0.3, 0.4) is 0 Å². The summed E-state index contributed by atoms with van der Waals surface area (Å²) in [6, 6.07) is 0. The van der Waals surface area contributed by atoms with Gasteiger partial charge in [0.1, 0.15) is 0 Å². The van der Waals surface area contributed by atoms with Crippen molar-refractivity contribution in [2.45, 2.75) is 32.3 Å². The van der Waals surface area contributed by atoms with Gasteiger partial charge in [0.05, 0.1) is 11.5 Å². The van der Waals surface area contributed by atoms with E-state index in [2.05, 4.69) is 12.2 Å². The number of β-amino-alcohol motifs (C(OH)–C–C–N with tert-alkyl or cyclic N) is 1. The highest BCUT2D eigenvalue weighted by Crippen LogP contribution is 2.34. The molecule has 1 atom stereocenters. The number of rotatable bonds is 3. The smallest absolute Gasteiger partial charge is 0.230 e. The van der Waals surface area contributed by atoms with Crippen LogP contribution in [0.5, 0.6) is 0 Å². The minimum atomic E-state index is -0.290. The summed E-state index contributed by atoms with van der Waals surface area (Å²) in [5, 5.41) is 12.5. The van der Waals surface area contributed by atoms with E-state index in [1.54, 1.807) is 4.90 Å². The number of aliphatic hydroxyl groups excluding tert-OH is 1. The molecule has 2 fully saturated rings. The Bertz CT molecular complexity index is 243. The molecule has 0 aliphatic carbocycles. The first kappa shape index (κ1) is 10.9. The van der Waals surface area contributed by atoms with Crippen LogP contribution in [0.2, 0.25) is 0 Å². The van der Waals surface area contributed by atoms with Crippen molar-refractivity contribution < 1.29 is 9.90 Å². The summed E-state index contributed by atoms with van der Waals surface area (Å²) in [6.07, 6.45) is 2.67. The molecule has 0 bridgehead atoms. The molecule has 4 heteroatoms. The van der Waals surface area contributed by atoms with Gasteiger partial charge in [0.2, 0.25) is 5.91 Å². The molecule has 2 saturated heterocycles. The summed E-state index contributed by atoms with van der Waals surface area (Å²) >= 11 is 0. The Kier molecular flexibility index (Phi) is 2.98. The van der Waals surface area contributed by atoms with Gasteiger partial charge < -0.3 is 15.3 Å². The van der Waals surface area contributed by atoms with E-state index < -0.39 is 0 Å². The van der Waals surface area contributed by atoms with Crippen LogP contribution in [0, 0.1) is 5.41 Å². The molecule has 86 valence electrons. The lowest BCUT2D eigenvalue weighted by Gasteiger charge is -2.41. The van der Waals surface area contributed by atoms with Gasteiger partial charge in [-0.15, -0.1) is 0 Å². The Morgan fingerprint density at radius 1 is 1.60 bits per heavy atom. The van der Waals surface area contributed by atoms with E-state index in [9.17, 15) is 9.90 Å². The molecule has 0 saturated carbocycles. The predicted molar refractivity (Wildman–Crippen MR) is 57.4 cm³/mol. The molecule has 0 spiro atoms. The van der Waals surface area contributed by atoms with Gasteiger partial charge >= 0.3 is 0 Å². The lowest BCUT2D eigenvalue weighted by Crippen LogP contribution is -2.58. The number of amides is 1. The highest BCUT2D eigenvalue weighted by atomic mass is 16.3. The standard InChI is InChI=1S/C11H20N2O2/c1-2-3-11(4-5-12-8-11)10(15)13-6-9(14)7-13/h9,12,14H,2-8H2,1H3. The highest BCUT2D eigenvalue weighted by Gasteiger charge is 2.45. The third-order valence-electron chi connectivity index (χ3n) is 3.58. The summed E-state index contributed by atoms with van der Waals surface area (Å²) in [5.74, 6) is 0.250. The average Bonchev–Trinajstić information content (AvgIpc) is 2.62. The predicted octanol–water partition coefficient (Wildman–Crippen LogP) is -0.0307. The van der Waals surface area contributed by atoms with Gasteiger partial charge in [-0.05, 0) is 19.4 Å². The van der Waals surface area contributed by atoms with E-state index in [1.165, 1.54) is 0 Å².